The first-order chi connectivity index (χ1) is 13.0. The lowest BCUT2D eigenvalue weighted by Crippen LogP contribution is -2.51. The smallest absolute Gasteiger partial charge is 0.300 e. The third-order valence-corrected chi connectivity index (χ3v) is 6.32. The first-order valence-electron chi connectivity index (χ1n) is 9.09. The number of benzene rings is 1. The number of fused-ring (bicyclic) bond motifs is 5. The first-order valence-corrected chi connectivity index (χ1v) is 9.88. The molecule has 0 unspecified atom stereocenters. The number of likely N-dealkylation sites (tertiary alicyclic amines) is 1. The minimum Gasteiger partial charge on any atom is -0.312 e. The van der Waals surface area contributed by atoms with Crippen molar-refractivity contribution in [2.24, 2.45) is 5.92 Å². The van der Waals surface area contributed by atoms with Crippen molar-refractivity contribution in [2.45, 2.75) is 18.9 Å². The van der Waals surface area contributed by atoms with Gasteiger partial charge < -0.3 is 4.57 Å². The molecule has 1 fully saturated rings. The second kappa shape index (κ2) is 6.14. The molecule has 0 saturated carbocycles. The summed E-state index contributed by atoms with van der Waals surface area (Å²) in [5.74, 6) is -0.241. The van der Waals surface area contributed by atoms with Crippen molar-refractivity contribution >= 4 is 33.3 Å². The van der Waals surface area contributed by atoms with E-state index in [1.165, 1.54) is 0 Å². The maximum Gasteiger partial charge on any atom is 0.300 e. The third kappa shape index (κ3) is 2.68. The van der Waals surface area contributed by atoms with Crippen molar-refractivity contribution in [1.29, 1.82) is 0 Å². The third-order valence-electron chi connectivity index (χ3n) is 5.83. The number of hydrogen-bond acceptors (Lipinski definition) is 4. The largest absolute Gasteiger partial charge is 0.312 e. The Kier molecular flexibility index (Phi) is 3.84. The summed E-state index contributed by atoms with van der Waals surface area (Å²) in [6.07, 6.45) is 1.07. The fraction of sp³-hybridized carbons (Fsp3) is 0.350. The molecule has 1 saturated heterocycles. The lowest BCUT2D eigenvalue weighted by molar-refractivity contribution is -0.114. The standard InChI is InChI=1S/C20H18BrN3O3/c21-14-4-5-17-15(7-14)19(26)20(27)24(17)11-22-8-12-6-13(10-22)16-2-1-3-18(25)23(16)9-12/h1-5,7,12-13H,6,8-11H2/t12-,13+/m1/s1. The van der Waals surface area contributed by atoms with Crippen LogP contribution in [0.1, 0.15) is 28.4 Å². The molecule has 27 heavy (non-hydrogen) atoms. The zero-order valence-electron chi connectivity index (χ0n) is 14.6. The van der Waals surface area contributed by atoms with Gasteiger partial charge in [-0.1, -0.05) is 22.0 Å². The topological polar surface area (TPSA) is 62.6 Å². The predicted octanol–water partition coefficient (Wildman–Crippen LogP) is 2.22. The highest BCUT2D eigenvalue weighted by atomic mass is 79.9. The van der Waals surface area contributed by atoms with Crippen molar-refractivity contribution in [1.82, 2.24) is 9.47 Å². The van der Waals surface area contributed by atoms with Crippen LogP contribution < -0.4 is 10.5 Å². The Bertz CT molecular complexity index is 1030. The van der Waals surface area contributed by atoms with Gasteiger partial charge in [-0.25, -0.2) is 0 Å². The summed E-state index contributed by atoms with van der Waals surface area (Å²) in [7, 11) is 0. The van der Waals surface area contributed by atoms with Crippen LogP contribution in [-0.4, -0.2) is 40.9 Å². The summed E-state index contributed by atoms with van der Waals surface area (Å²) in [5, 5.41) is 0. The van der Waals surface area contributed by atoms with E-state index in [-0.39, 0.29) is 11.5 Å². The number of ketones is 1. The molecular formula is C20H18BrN3O3. The number of piperidine rings is 1. The van der Waals surface area contributed by atoms with E-state index in [1.54, 1.807) is 17.0 Å². The van der Waals surface area contributed by atoms with Crippen LogP contribution in [0.15, 0.2) is 45.7 Å². The summed E-state index contributed by atoms with van der Waals surface area (Å²) < 4.78 is 2.69. The number of amides is 1. The predicted molar refractivity (Wildman–Crippen MR) is 104 cm³/mol. The first kappa shape index (κ1) is 16.9. The molecule has 5 rings (SSSR count). The number of aromatic nitrogens is 1. The molecule has 2 bridgehead atoms. The fourth-order valence-electron chi connectivity index (χ4n) is 4.72. The number of carbonyl (C=O) groups excluding carboxylic acids is 2. The van der Waals surface area contributed by atoms with E-state index in [4.69, 9.17) is 0 Å². The molecule has 1 aromatic carbocycles. The highest BCUT2D eigenvalue weighted by Gasteiger charge is 2.40. The van der Waals surface area contributed by atoms with Crippen LogP contribution in [0.5, 0.6) is 0 Å². The number of pyridine rings is 1. The zero-order chi connectivity index (χ0) is 18.7. The van der Waals surface area contributed by atoms with Gasteiger partial charge in [0.1, 0.15) is 0 Å². The number of nitrogens with zero attached hydrogens (tertiary/aromatic N) is 3. The highest BCUT2D eigenvalue weighted by Crippen LogP contribution is 2.36. The van der Waals surface area contributed by atoms with Gasteiger partial charge in [0, 0.05) is 41.8 Å². The van der Waals surface area contributed by atoms with Crippen molar-refractivity contribution in [3.05, 3.63) is 62.5 Å². The van der Waals surface area contributed by atoms with Crippen LogP contribution in [-0.2, 0) is 11.3 Å². The van der Waals surface area contributed by atoms with E-state index in [0.29, 0.717) is 23.8 Å². The number of hydrogen-bond donors (Lipinski definition) is 0. The maximum atomic E-state index is 12.5. The maximum absolute atomic E-state index is 12.5. The summed E-state index contributed by atoms with van der Waals surface area (Å²) in [4.78, 5) is 40.8. The molecule has 4 heterocycles. The molecule has 2 atom stereocenters. The average Bonchev–Trinajstić information content (AvgIpc) is 2.87. The van der Waals surface area contributed by atoms with E-state index in [2.05, 4.69) is 20.8 Å². The van der Waals surface area contributed by atoms with Gasteiger partial charge in [-0.05, 0) is 36.6 Å². The van der Waals surface area contributed by atoms with Crippen molar-refractivity contribution in [3.63, 3.8) is 0 Å². The van der Waals surface area contributed by atoms with E-state index < -0.39 is 11.7 Å². The Morgan fingerprint density at radius 3 is 2.74 bits per heavy atom. The minimum atomic E-state index is -0.463. The van der Waals surface area contributed by atoms with Gasteiger partial charge >= 0.3 is 5.91 Å². The van der Waals surface area contributed by atoms with Gasteiger partial charge in [0.15, 0.2) is 0 Å². The van der Waals surface area contributed by atoms with E-state index >= 15 is 0 Å². The van der Waals surface area contributed by atoms with Crippen LogP contribution >= 0.6 is 15.9 Å². The van der Waals surface area contributed by atoms with Gasteiger partial charge in [0.25, 0.3) is 11.3 Å². The molecular weight excluding hydrogens is 410 g/mol. The lowest BCUT2D eigenvalue weighted by Gasteiger charge is -2.43. The Morgan fingerprint density at radius 2 is 1.89 bits per heavy atom. The number of anilines is 1. The minimum absolute atomic E-state index is 0.0653. The van der Waals surface area contributed by atoms with Crippen molar-refractivity contribution in [2.75, 3.05) is 24.7 Å². The molecule has 138 valence electrons. The Morgan fingerprint density at radius 1 is 1.04 bits per heavy atom. The van der Waals surface area contributed by atoms with E-state index in [0.717, 1.165) is 36.2 Å². The summed E-state index contributed by atoms with van der Waals surface area (Å²) >= 11 is 3.36. The van der Waals surface area contributed by atoms with Crippen LogP contribution in [0, 0.1) is 5.92 Å². The Balaban J connectivity index is 1.42. The highest BCUT2D eigenvalue weighted by molar-refractivity contribution is 9.10. The second-order valence-electron chi connectivity index (χ2n) is 7.60. The molecule has 2 aromatic rings. The van der Waals surface area contributed by atoms with Gasteiger partial charge in [0.2, 0.25) is 0 Å². The van der Waals surface area contributed by atoms with Gasteiger partial charge in [-0.3, -0.25) is 24.2 Å². The van der Waals surface area contributed by atoms with Gasteiger partial charge in [-0.15, -0.1) is 0 Å². The van der Waals surface area contributed by atoms with Crippen LogP contribution in [0.4, 0.5) is 5.69 Å². The molecule has 1 aromatic heterocycles. The number of halogens is 1. The van der Waals surface area contributed by atoms with Gasteiger partial charge in [-0.2, -0.15) is 0 Å². The lowest BCUT2D eigenvalue weighted by atomic mass is 9.83. The second-order valence-corrected chi connectivity index (χ2v) is 8.51. The van der Waals surface area contributed by atoms with Crippen molar-refractivity contribution in [3.8, 4) is 0 Å². The molecule has 0 aliphatic carbocycles. The molecule has 0 N–H and O–H groups in total. The fourth-order valence-corrected chi connectivity index (χ4v) is 5.09. The summed E-state index contributed by atoms with van der Waals surface area (Å²) in [5.41, 5.74) is 2.29. The monoisotopic (exact) mass is 427 g/mol. The molecule has 0 radical (unpaired) electrons. The molecule has 6 nitrogen and oxygen atoms in total. The molecule has 0 spiro atoms. The zero-order valence-corrected chi connectivity index (χ0v) is 16.2. The quantitative estimate of drug-likeness (QED) is 0.689. The molecule has 3 aliphatic rings. The molecule has 7 heteroatoms. The van der Waals surface area contributed by atoms with Gasteiger partial charge in [0.05, 0.1) is 17.9 Å². The summed E-state index contributed by atoms with van der Waals surface area (Å²) in [6.45, 7) is 2.73. The molecule has 1 amide bonds. The van der Waals surface area contributed by atoms with E-state index in [9.17, 15) is 14.4 Å². The number of Topliss-reactive ketones (excluding diaryl/α,β-unsaturated/α-hetero) is 1. The molecule has 3 aliphatic heterocycles. The Labute approximate surface area is 164 Å². The van der Waals surface area contributed by atoms with Crippen LogP contribution in [0.3, 0.4) is 0 Å². The van der Waals surface area contributed by atoms with Crippen LogP contribution in [0.25, 0.3) is 0 Å². The number of carbonyl (C=O) groups is 2. The van der Waals surface area contributed by atoms with E-state index in [1.807, 2.05) is 28.8 Å². The Hall–Kier alpha value is -2.25. The number of rotatable bonds is 2. The SMILES string of the molecule is O=C1C(=O)N(CN2C[C@H]3C[C@@H](C2)c2cccc(=O)n2C3)c2ccc(Br)cc21. The van der Waals surface area contributed by atoms with Crippen molar-refractivity contribution < 1.29 is 9.59 Å². The average molecular weight is 428 g/mol. The van der Waals surface area contributed by atoms with Crippen LogP contribution in [0.2, 0.25) is 0 Å². The summed E-state index contributed by atoms with van der Waals surface area (Å²) in [6, 6.07) is 10.9. The normalized spacial score (nSPS) is 24.1.